The number of nitrogens with two attached hydrogens (primary N) is 1. The number of H-pyrrole nitrogens is 1. The molecular formula is C26H28N5O8P. The van der Waals surface area contributed by atoms with Gasteiger partial charge in [0.2, 0.25) is 12.7 Å². The van der Waals surface area contributed by atoms with Crippen molar-refractivity contribution in [2.45, 2.75) is 13.2 Å². The third-order valence-corrected chi connectivity index (χ3v) is 7.47. The van der Waals surface area contributed by atoms with Gasteiger partial charge in [0.15, 0.2) is 22.7 Å². The highest BCUT2D eigenvalue weighted by molar-refractivity contribution is 7.53. The minimum absolute atomic E-state index is 0.00593. The zero-order valence-electron chi connectivity index (χ0n) is 21.6. The van der Waals surface area contributed by atoms with Gasteiger partial charge in [0, 0.05) is 12.1 Å². The van der Waals surface area contributed by atoms with E-state index >= 15 is 0 Å². The molecule has 210 valence electrons. The second-order valence-electron chi connectivity index (χ2n) is 8.63. The van der Waals surface area contributed by atoms with E-state index in [1.165, 1.54) is 6.33 Å². The molecule has 0 aliphatic carbocycles. The molecular weight excluding hydrogens is 541 g/mol. The first-order valence-corrected chi connectivity index (χ1v) is 14.0. The Bertz CT molecular complexity index is 1590. The Labute approximate surface area is 229 Å². The number of hydrogen-bond acceptors (Lipinski definition) is 11. The van der Waals surface area contributed by atoms with Crippen LogP contribution in [0.5, 0.6) is 5.75 Å². The van der Waals surface area contributed by atoms with Crippen LogP contribution in [0.25, 0.3) is 16.9 Å². The molecule has 1 aliphatic rings. The number of fused-ring (bicyclic) bond motifs is 1. The Balaban J connectivity index is 1.25. The first kappa shape index (κ1) is 27.4. The summed E-state index contributed by atoms with van der Waals surface area (Å²) in [5.41, 5.74) is 7.28. The molecule has 0 amide bonds. The number of benzene rings is 2. The standard InChI is InChI=1S/C26H28N5O8P/c1-34-20-9-7-19(8-10-20)23-21(36-16-37-23)14-39-40(33,38-13-18-5-3-2-4-6-18)17-35-12-11-31-15-28-22-24(31)29-26(27)30-25(22)32/h2-10,15H,11-14,16-17H2,1H3,(H3,27,29,30,32). The average molecular weight is 570 g/mol. The Morgan fingerprint density at radius 1 is 1.07 bits per heavy atom. The number of methoxy groups -OCH3 is 1. The quantitative estimate of drug-likeness (QED) is 0.179. The first-order valence-electron chi connectivity index (χ1n) is 12.3. The molecule has 5 rings (SSSR count). The molecule has 0 saturated heterocycles. The van der Waals surface area contributed by atoms with Crippen molar-refractivity contribution in [2.75, 3.05) is 39.2 Å². The van der Waals surface area contributed by atoms with Crippen LogP contribution in [0.3, 0.4) is 0 Å². The van der Waals surface area contributed by atoms with Crippen LogP contribution in [0.4, 0.5) is 5.95 Å². The second kappa shape index (κ2) is 12.3. The van der Waals surface area contributed by atoms with E-state index in [1.54, 1.807) is 23.8 Å². The monoisotopic (exact) mass is 569 g/mol. The summed E-state index contributed by atoms with van der Waals surface area (Å²) in [4.78, 5) is 22.6. The summed E-state index contributed by atoms with van der Waals surface area (Å²) in [7, 11) is -2.18. The predicted octanol–water partition coefficient (Wildman–Crippen LogP) is 3.48. The molecule has 1 unspecified atom stereocenters. The van der Waals surface area contributed by atoms with Crippen LogP contribution in [-0.4, -0.2) is 53.0 Å². The number of nitrogen functional groups attached to an aromatic ring is 1. The number of ether oxygens (including phenoxy) is 4. The molecule has 3 heterocycles. The van der Waals surface area contributed by atoms with Gasteiger partial charge in [0.1, 0.15) is 18.7 Å². The minimum atomic E-state index is -3.77. The summed E-state index contributed by atoms with van der Waals surface area (Å²) in [5.74, 6) is 1.54. The molecule has 4 aromatic rings. The van der Waals surface area contributed by atoms with Gasteiger partial charge in [0.05, 0.1) is 26.7 Å². The Hall–Kier alpha value is -4.16. The van der Waals surface area contributed by atoms with Crippen LogP contribution in [-0.2, 0) is 41.0 Å². The Morgan fingerprint density at radius 3 is 2.62 bits per heavy atom. The van der Waals surface area contributed by atoms with E-state index in [0.717, 1.165) is 11.1 Å². The molecule has 2 aromatic carbocycles. The number of imidazole rings is 1. The molecule has 3 N–H and O–H groups in total. The number of aromatic amines is 1. The highest BCUT2D eigenvalue weighted by Crippen LogP contribution is 2.50. The van der Waals surface area contributed by atoms with Crippen LogP contribution >= 0.6 is 7.60 Å². The van der Waals surface area contributed by atoms with Gasteiger partial charge in [-0.2, -0.15) is 4.98 Å². The van der Waals surface area contributed by atoms with Gasteiger partial charge in [-0.3, -0.25) is 18.9 Å². The molecule has 1 aliphatic heterocycles. The maximum Gasteiger partial charge on any atom is 0.356 e. The molecule has 0 saturated carbocycles. The normalized spacial score (nSPS) is 14.6. The summed E-state index contributed by atoms with van der Waals surface area (Å²) in [6, 6.07) is 16.6. The van der Waals surface area contributed by atoms with E-state index in [2.05, 4.69) is 15.0 Å². The van der Waals surface area contributed by atoms with Crippen LogP contribution in [0.15, 0.2) is 71.5 Å². The minimum Gasteiger partial charge on any atom is -0.497 e. The molecule has 0 radical (unpaired) electrons. The second-order valence-corrected chi connectivity index (χ2v) is 10.6. The number of nitrogens with zero attached hydrogens (tertiary/aromatic N) is 3. The van der Waals surface area contributed by atoms with E-state index in [9.17, 15) is 9.36 Å². The van der Waals surface area contributed by atoms with Crippen LogP contribution in [0.2, 0.25) is 0 Å². The fourth-order valence-corrected chi connectivity index (χ4v) is 5.13. The van der Waals surface area contributed by atoms with E-state index in [-0.39, 0.29) is 51.0 Å². The van der Waals surface area contributed by atoms with Gasteiger partial charge in [-0.15, -0.1) is 0 Å². The predicted molar refractivity (Wildman–Crippen MR) is 145 cm³/mol. The van der Waals surface area contributed by atoms with Gasteiger partial charge in [-0.1, -0.05) is 30.3 Å². The van der Waals surface area contributed by atoms with Gasteiger partial charge < -0.3 is 33.8 Å². The van der Waals surface area contributed by atoms with Crippen LogP contribution < -0.4 is 16.0 Å². The molecule has 1 atom stereocenters. The van der Waals surface area contributed by atoms with Gasteiger partial charge in [-0.05, 0) is 29.8 Å². The van der Waals surface area contributed by atoms with Crippen LogP contribution in [0.1, 0.15) is 11.1 Å². The zero-order valence-corrected chi connectivity index (χ0v) is 22.5. The maximum absolute atomic E-state index is 13.7. The third-order valence-electron chi connectivity index (χ3n) is 5.92. The van der Waals surface area contributed by atoms with Crippen molar-refractivity contribution >= 4 is 30.5 Å². The fraction of sp³-hybridized carbons (Fsp3) is 0.269. The van der Waals surface area contributed by atoms with E-state index < -0.39 is 13.2 Å². The van der Waals surface area contributed by atoms with Gasteiger partial charge in [-0.25, -0.2) is 4.98 Å². The molecule has 0 bridgehead atoms. The zero-order chi connectivity index (χ0) is 28.0. The summed E-state index contributed by atoms with van der Waals surface area (Å²) < 4.78 is 49.1. The topological polar surface area (TPSA) is 162 Å². The van der Waals surface area contributed by atoms with Crippen molar-refractivity contribution in [3.05, 3.63) is 88.2 Å². The molecule has 14 heteroatoms. The van der Waals surface area contributed by atoms with Crippen molar-refractivity contribution in [3.63, 3.8) is 0 Å². The Morgan fingerprint density at radius 2 is 1.85 bits per heavy atom. The highest BCUT2D eigenvalue weighted by Gasteiger charge is 2.29. The molecule has 2 aromatic heterocycles. The lowest BCUT2D eigenvalue weighted by atomic mass is 10.1. The van der Waals surface area contributed by atoms with E-state index in [0.29, 0.717) is 22.9 Å². The molecule has 13 nitrogen and oxygen atoms in total. The lowest BCUT2D eigenvalue weighted by molar-refractivity contribution is 0.0705. The summed E-state index contributed by atoms with van der Waals surface area (Å²) in [6.45, 7) is 0.290. The third kappa shape index (κ3) is 6.52. The average Bonchev–Trinajstić information content (AvgIpc) is 3.61. The van der Waals surface area contributed by atoms with Crippen molar-refractivity contribution < 1.29 is 32.6 Å². The number of hydrogen-bond donors (Lipinski definition) is 2. The summed E-state index contributed by atoms with van der Waals surface area (Å²) in [5, 5.41) is 0. The maximum atomic E-state index is 13.7. The SMILES string of the molecule is COc1ccc(C2=C(COP(=O)(COCCn3cnc4c(=O)[nH]c(N)nc43)OCc3ccccc3)OCO2)cc1. The number of anilines is 1. The fourth-order valence-electron chi connectivity index (χ4n) is 3.89. The van der Waals surface area contributed by atoms with Gasteiger partial charge in [0.25, 0.3) is 5.56 Å². The number of rotatable bonds is 13. The van der Waals surface area contributed by atoms with Crippen molar-refractivity contribution in [1.82, 2.24) is 19.5 Å². The van der Waals surface area contributed by atoms with Gasteiger partial charge >= 0.3 is 7.60 Å². The highest BCUT2D eigenvalue weighted by atomic mass is 31.2. The molecule has 0 fully saturated rings. The summed E-state index contributed by atoms with van der Waals surface area (Å²) in [6.07, 6.45) is 1.14. The van der Waals surface area contributed by atoms with E-state index in [1.807, 2.05) is 42.5 Å². The number of aromatic nitrogens is 4. The smallest absolute Gasteiger partial charge is 0.356 e. The first-order chi connectivity index (χ1) is 19.4. The molecule has 40 heavy (non-hydrogen) atoms. The van der Waals surface area contributed by atoms with Crippen LogP contribution in [0, 0.1) is 0 Å². The summed E-state index contributed by atoms with van der Waals surface area (Å²) >= 11 is 0. The number of nitrogens with one attached hydrogen (secondary N) is 1. The lowest BCUT2D eigenvalue weighted by Crippen LogP contribution is -2.13. The largest absolute Gasteiger partial charge is 0.497 e. The van der Waals surface area contributed by atoms with E-state index in [4.69, 9.17) is 33.7 Å². The Kier molecular flexibility index (Phi) is 8.46. The lowest BCUT2D eigenvalue weighted by Gasteiger charge is -2.19. The van der Waals surface area contributed by atoms with Crippen molar-refractivity contribution in [3.8, 4) is 5.75 Å². The molecule has 0 spiro atoms. The van der Waals surface area contributed by atoms with Crippen molar-refractivity contribution in [2.24, 2.45) is 0 Å². The van der Waals surface area contributed by atoms with Crippen molar-refractivity contribution in [1.29, 1.82) is 0 Å².